The summed E-state index contributed by atoms with van der Waals surface area (Å²) >= 11 is 14.1. The molecule has 0 radical (unpaired) electrons. The molecule has 16 heteroatoms. The number of ether oxygens (including phenoxy) is 2. The molecule has 1 saturated heterocycles. The maximum absolute atomic E-state index is 11.5. The Kier molecular flexibility index (Phi) is 12.3. The largest absolute Gasteiger partial charge is 0.480 e. The highest BCUT2D eigenvalue weighted by atomic mass is 35.5. The lowest BCUT2D eigenvalue weighted by molar-refractivity contribution is -0.384. The Morgan fingerprint density at radius 1 is 0.811 bits per heavy atom. The van der Waals surface area contributed by atoms with Crippen molar-refractivity contribution in [1.29, 1.82) is 0 Å². The molecule has 1 aliphatic rings. The number of nitrogens with zero attached hydrogens (tertiary/aromatic N) is 5. The van der Waals surface area contributed by atoms with Gasteiger partial charge in [-0.05, 0) is 18.6 Å². The summed E-state index contributed by atoms with van der Waals surface area (Å²) in [5.41, 5.74) is 5.86. The van der Waals surface area contributed by atoms with Crippen LogP contribution in [0.2, 0.25) is 10.0 Å². The van der Waals surface area contributed by atoms with E-state index in [0.717, 1.165) is 12.1 Å². The number of anilines is 1. The third kappa shape index (κ3) is 8.98. The summed E-state index contributed by atoms with van der Waals surface area (Å²) in [5, 5.41) is 24.5. The van der Waals surface area contributed by atoms with E-state index in [0.29, 0.717) is 106 Å². The number of hydrogen-bond donors (Lipinski definition) is 4. The molecule has 0 spiro atoms. The molecule has 5 aromatic rings. The number of carbonyl (C=O) groups excluding carboxylic acids is 1. The number of halogens is 2. The molecule has 1 fully saturated rings. The molecule has 3 heterocycles. The molecule has 2 aromatic heterocycles. The Balaban J connectivity index is 1.14. The van der Waals surface area contributed by atoms with Gasteiger partial charge in [0.1, 0.15) is 11.4 Å². The Labute approximate surface area is 315 Å². The summed E-state index contributed by atoms with van der Waals surface area (Å²) < 4.78 is 11.2. The van der Waals surface area contributed by atoms with Crippen molar-refractivity contribution in [3.63, 3.8) is 0 Å². The zero-order valence-corrected chi connectivity index (χ0v) is 30.5. The van der Waals surface area contributed by atoms with Gasteiger partial charge in [0.15, 0.2) is 0 Å². The summed E-state index contributed by atoms with van der Waals surface area (Å²) in [6.45, 7) is 2.63. The normalized spacial score (nSPS) is 13.8. The Morgan fingerprint density at radius 3 is 1.87 bits per heavy atom. The quantitative estimate of drug-likeness (QED) is 0.0520. The minimum atomic E-state index is -0.428. The van der Waals surface area contributed by atoms with Gasteiger partial charge in [-0.3, -0.25) is 24.9 Å². The second-order valence-electron chi connectivity index (χ2n) is 12.1. The fraction of sp³-hybridized carbons (Fsp3) is 0.270. The molecular weight excluding hydrogens is 721 g/mol. The van der Waals surface area contributed by atoms with Gasteiger partial charge in [-0.25, -0.2) is 9.97 Å². The van der Waals surface area contributed by atoms with Crippen LogP contribution < -0.4 is 30.7 Å². The SMILES string of the molecule is COc1nc(-c2cccc(-c3cccc(-c4cnc(CNC[C@@H]5CCC(=O)N5)c(OC)n4)c3Cl)c2Cl)cnc1CNCCNc1ccc([N+](=O)[O-])cc1. The van der Waals surface area contributed by atoms with E-state index in [9.17, 15) is 14.9 Å². The van der Waals surface area contributed by atoms with Gasteiger partial charge in [-0.15, -0.1) is 0 Å². The highest BCUT2D eigenvalue weighted by molar-refractivity contribution is 6.39. The van der Waals surface area contributed by atoms with E-state index in [1.165, 1.54) is 19.2 Å². The highest BCUT2D eigenvalue weighted by Gasteiger charge is 2.22. The lowest BCUT2D eigenvalue weighted by Crippen LogP contribution is -2.35. The number of methoxy groups -OCH3 is 2. The number of nitro groups is 1. The van der Waals surface area contributed by atoms with Gasteiger partial charge >= 0.3 is 0 Å². The van der Waals surface area contributed by atoms with Crippen LogP contribution in [0, 0.1) is 10.1 Å². The standard InChI is InChI=1S/C37H37Cl2N9O5/c1-52-36-31(18-40-15-16-42-22-9-12-24(13-10-22)48(50)51)43-20-29(46-36)27-7-3-5-25(34(27)38)26-6-4-8-28(35(26)39)30-21-44-32(37(47-30)53-2)19-41-17-23-11-14-33(49)45-23/h3-10,12-13,20-21,23,40-42H,11,14-19H2,1-2H3,(H,45,49)/t23-/m0/s1. The first-order valence-corrected chi connectivity index (χ1v) is 17.6. The second kappa shape index (κ2) is 17.4. The number of non-ortho nitro benzene ring substituents is 1. The number of nitrogens with one attached hydrogen (secondary N) is 4. The number of carbonyl (C=O) groups is 1. The van der Waals surface area contributed by atoms with Crippen LogP contribution in [0.15, 0.2) is 73.1 Å². The highest BCUT2D eigenvalue weighted by Crippen LogP contribution is 2.42. The van der Waals surface area contributed by atoms with Gasteiger partial charge in [-0.2, -0.15) is 0 Å². The van der Waals surface area contributed by atoms with Crippen LogP contribution >= 0.6 is 23.2 Å². The van der Waals surface area contributed by atoms with Gasteiger partial charge in [0.25, 0.3) is 5.69 Å². The number of nitro benzene ring substituents is 1. The third-order valence-corrected chi connectivity index (χ3v) is 9.43. The summed E-state index contributed by atoms with van der Waals surface area (Å²) in [6.07, 6.45) is 4.66. The van der Waals surface area contributed by atoms with E-state index in [-0.39, 0.29) is 17.6 Å². The van der Waals surface area contributed by atoms with Crippen LogP contribution in [0.1, 0.15) is 24.2 Å². The molecule has 1 atom stereocenters. The van der Waals surface area contributed by atoms with Crippen LogP contribution in [0.25, 0.3) is 33.6 Å². The minimum Gasteiger partial charge on any atom is -0.480 e. The molecule has 0 aliphatic carbocycles. The van der Waals surface area contributed by atoms with E-state index in [2.05, 4.69) is 31.2 Å². The zero-order chi connectivity index (χ0) is 37.3. The molecular formula is C37H37Cl2N9O5. The smallest absolute Gasteiger partial charge is 0.269 e. The van der Waals surface area contributed by atoms with Gasteiger partial charge in [0.05, 0.1) is 53.0 Å². The number of amides is 1. The number of rotatable bonds is 16. The molecule has 0 unspecified atom stereocenters. The van der Waals surface area contributed by atoms with Crippen molar-refractivity contribution in [2.75, 3.05) is 39.2 Å². The van der Waals surface area contributed by atoms with Crippen molar-refractivity contribution >= 4 is 40.5 Å². The van der Waals surface area contributed by atoms with Crippen molar-refractivity contribution in [2.24, 2.45) is 0 Å². The van der Waals surface area contributed by atoms with E-state index in [1.807, 2.05) is 36.4 Å². The topological polar surface area (TPSA) is 178 Å². The Bertz CT molecular complexity index is 2100. The molecule has 0 bridgehead atoms. The van der Waals surface area contributed by atoms with E-state index in [4.69, 9.17) is 42.6 Å². The van der Waals surface area contributed by atoms with Crippen LogP contribution in [0.5, 0.6) is 11.8 Å². The maximum Gasteiger partial charge on any atom is 0.269 e. The molecule has 14 nitrogen and oxygen atoms in total. The van der Waals surface area contributed by atoms with Gasteiger partial charge in [-0.1, -0.05) is 59.6 Å². The lowest BCUT2D eigenvalue weighted by atomic mass is 9.98. The lowest BCUT2D eigenvalue weighted by Gasteiger charge is -2.15. The molecule has 4 N–H and O–H groups in total. The molecule has 0 saturated carbocycles. The average Bonchev–Trinajstić information content (AvgIpc) is 3.59. The first kappa shape index (κ1) is 37.4. The molecule has 6 rings (SSSR count). The second-order valence-corrected chi connectivity index (χ2v) is 12.9. The van der Waals surface area contributed by atoms with Crippen molar-refractivity contribution in [3.05, 3.63) is 105 Å². The summed E-state index contributed by atoms with van der Waals surface area (Å²) in [7, 11) is 3.08. The van der Waals surface area contributed by atoms with Crippen molar-refractivity contribution < 1.29 is 19.2 Å². The van der Waals surface area contributed by atoms with E-state index < -0.39 is 4.92 Å². The Hall–Kier alpha value is -5.41. The van der Waals surface area contributed by atoms with Crippen molar-refractivity contribution in [2.45, 2.75) is 32.0 Å². The van der Waals surface area contributed by atoms with E-state index in [1.54, 1.807) is 31.6 Å². The first-order valence-electron chi connectivity index (χ1n) is 16.8. The van der Waals surface area contributed by atoms with Gasteiger partial charge in [0.2, 0.25) is 17.7 Å². The fourth-order valence-corrected chi connectivity index (χ4v) is 6.55. The Morgan fingerprint density at radius 2 is 1.36 bits per heavy atom. The molecule has 53 heavy (non-hydrogen) atoms. The van der Waals surface area contributed by atoms with Crippen molar-refractivity contribution in [1.82, 2.24) is 35.9 Å². The zero-order valence-electron chi connectivity index (χ0n) is 29.0. The predicted molar refractivity (Wildman–Crippen MR) is 203 cm³/mol. The van der Waals surface area contributed by atoms with Crippen LogP contribution in [0.4, 0.5) is 11.4 Å². The summed E-state index contributed by atoms with van der Waals surface area (Å²) in [4.78, 5) is 40.6. The number of aromatic nitrogens is 4. The van der Waals surface area contributed by atoms with Gasteiger partial charge in [0, 0.05) is 85.3 Å². The molecule has 1 amide bonds. The fourth-order valence-electron chi connectivity index (χ4n) is 5.90. The molecule has 3 aromatic carbocycles. The minimum absolute atomic E-state index is 0.0433. The predicted octanol–water partition coefficient (Wildman–Crippen LogP) is 6.07. The number of hydrogen-bond acceptors (Lipinski definition) is 12. The monoisotopic (exact) mass is 757 g/mol. The molecule has 1 aliphatic heterocycles. The van der Waals surface area contributed by atoms with Crippen LogP contribution in [-0.2, 0) is 17.9 Å². The number of benzene rings is 3. The van der Waals surface area contributed by atoms with E-state index >= 15 is 0 Å². The average molecular weight is 759 g/mol. The van der Waals surface area contributed by atoms with Gasteiger partial charge < -0.3 is 30.7 Å². The van der Waals surface area contributed by atoms with Crippen molar-refractivity contribution in [3.8, 4) is 45.4 Å². The molecule has 274 valence electrons. The third-order valence-electron chi connectivity index (χ3n) is 8.62. The summed E-state index contributed by atoms with van der Waals surface area (Å²) in [6, 6.07) is 17.6. The van der Waals surface area contributed by atoms with Crippen LogP contribution in [-0.4, -0.2) is 70.7 Å². The maximum atomic E-state index is 11.5. The summed E-state index contributed by atoms with van der Waals surface area (Å²) in [5.74, 6) is 0.803. The first-order chi connectivity index (χ1) is 25.7. The van der Waals surface area contributed by atoms with Crippen LogP contribution in [0.3, 0.4) is 0 Å².